The molecule has 0 atom stereocenters. The summed E-state index contributed by atoms with van der Waals surface area (Å²) in [5.41, 5.74) is 15.1. The van der Waals surface area contributed by atoms with Crippen LogP contribution >= 0.6 is 93.4 Å². The van der Waals surface area contributed by atoms with Gasteiger partial charge in [-0.25, -0.2) is 15.0 Å². The van der Waals surface area contributed by atoms with Gasteiger partial charge in [-0.05, 0) is 108 Å². The molecule has 308 valence electrons. The molecule has 0 unspecified atom stereocenters. The van der Waals surface area contributed by atoms with E-state index in [2.05, 4.69) is 128 Å². The predicted molar refractivity (Wildman–Crippen MR) is 255 cm³/mol. The van der Waals surface area contributed by atoms with Gasteiger partial charge in [-0.15, -0.1) is 30.6 Å². The maximum atomic E-state index is 5.92. The number of anilines is 5. The van der Waals surface area contributed by atoms with E-state index in [0.29, 0.717) is 17.0 Å². The maximum Gasteiger partial charge on any atom is 0.215 e. The first kappa shape index (κ1) is 45.2. The van der Waals surface area contributed by atoms with Crippen LogP contribution < -0.4 is 16.0 Å². The molecule has 0 radical (unpaired) electrons. The predicted octanol–water partition coefficient (Wildman–Crippen LogP) is 10.8. The van der Waals surface area contributed by atoms with Crippen LogP contribution in [0.25, 0.3) is 33.1 Å². The Morgan fingerprint density at radius 3 is 1.80 bits per heavy atom. The summed E-state index contributed by atoms with van der Waals surface area (Å²) in [7, 11) is -1.12. The Hall–Kier alpha value is -4.33. The first-order chi connectivity index (χ1) is 28.9. The standard InChI is InChI=1S/C16H20BrN5OSSi.C10H6BrN5S.C8H4BrClN2.C2H3N3S/c1-25(2,3)7-6-23-11-22(16-21-19-10-24-16)15-5-4-13-14(20-15)8-12(17)9-18-13;11-6-3-8-7(12-4-6)1-2-9(14-8)15-10-16-13-5-17-10;9-5-3-7-6(11-4-5)1-2-8(10)12-7;3-2-5-4-1-6-2/h4-5,8-10H,6-7,11H2,1-3H3;1-5H,(H,14,15,16);1-4H;1H,(H2,3,5). The van der Waals surface area contributed by atoms with E-state index in [-0.39, 0.29) is 0 Å². The van der Waals surface area contributed by atoms with Crippen molar-refractivity contribution < 1.29 is 4.74 Å². The topological polar surface area (TPSA) is 205 Å². The molecule has 9 rings (SSSR count). The Morgan fingerprint density at radius 1 is 0.683 bits per heavy atom. The van der Waals surface area contributed by atoms with Crippen molar-refractivity contribution in [1.29, 1.82) is 0 Å². The van der Waals surface area contributed by atoms with Crippen LogP contribution in [0.4, 0.5) is 27.0 Å². The fourth-order valence-corrected chi connectivity index (χ4v) is 7.86. The maximum absolute atomic E-state index is 5.92. The summed E-state index contributed by atoms with van der Waals surface area (Å²) in [5.74, 6) is 1.51. The number of rotatable bonds is 9. The molecule has 24 heteroatoms. The van der Waals surface area contributed by atoms with Gasteiger partial charge in [0.05, 0.1) is 33.1 Å². The molecule has 9 aromatic heterocycles. The van der Waals surface area contributed by atoms with Gasteiger partial charge >= 0.3 is 0 Å². The number of nitrogens with two attached hydrogens (primary N) is 1. The summed E-state index contributed by atoms with van der Waals surface area (Å²) in [4.78, 5) is 28.0. The van der Waals surface area contributed by atoms with Crippen molar-refractivity contribution in [3.63, 3.8) is 0 Å². The third-order valence-electron chi connectivity index (χ3n) is 7.51. The Bertz CT molecular complexity index is 2700. The van der Waals surface area contributed by atoms with Crippen LogP contribution in [0, 0.1) is 0 Å². The molecule has 0 aliphatic rings. The van der Waals surface area contributed by atoms with Crippen LogP contribution in [-0.2, 0) is 4.74 Å². The van der Waals surface area contributed by atoms with Gasteiger partial charge in [-0.2, -0.15) is 0 Å². The molecule has 0 saturated carbocycles. The molecule has 0 bridgehead atoms. The molecule has 0 aliphatic carbocycles. The SMILES string of the molecule is Brc1cnc2ccc(Nc3nncs3)nc2c1.C[Si](C)(C)CCOCN(c1ccc2ncc(Br)cc2n1)c1nncs1.Clc1ccc2ncc(Br)cc2n1.Nc1nncs1. The Balaban J connectivity index is 0.000000148. The number of nitrogens with one attached hydrogen (secondary N) is 1. The molecule has 0 aromatic carbocycles. The summed E-state index contributed by atoms with van der Waals surface area (Å²) < 4.78 is 8.64. The molecule has 0 spiro atoms. The Morgan fingerprint density at radius 2 is 1.25 bits per heavy atom. The van der Waals surface area contributed by atoms with Gasteiger partial charge in [0.25, 0.3) is 0 Å². The summed E-state index contributed by atoms with van der Waals surface area (Å²) in [6.07, 6.45) is 5.26. The monoisotopic (exact) mass is 1090 g/mol. The molecular formula is C36H33Br3ClN15OS3Si. The molecule has 0 fully saturated rings. The van der Waals surface area contributed by atoms with Gasteiger partial charge < -0.3 is 15.8 Å². The highest BCUT2D eigenvalue weighted by Gasteiger charge is 2.17. The molecule has 0 aliphatic heterocycles. The van der Waals surface area contributed by atoms with Gasteiger partial charge in [0.2, 0.25) is 15.4 Å². The second kappa shape index (κ2) is 22.0. The molecular weight excluding hydrogens is 1060 g/mol. The van der Waals surface area contributed by atoms with Crippen molar-refractivity contribution in [1.82, 2.24) is 60.5 Å². The van der Waals surface area contributed by atoms with Gasteiger partial charge in [0, 0.05) is 46.7 Å². The van der Waals surface area contributed by atoms with Crippen LogP contribution in [0.1, 0.15) is 0 Å². The average molecular weight is 1090 g/mol. The Labute approximate surface area is 386 Å². The molecule has 9 aromatic rings. The van der Waals surface area contributed by atoms with Crippen LogP contribution in [0.15, 0.2) is 103 Å². The second-order valence-electron chi connectivity index (χ2n) is 13.2. The van der Waals surface area contributed by atoms with E-state index in [4.69, 9.17) is 27.1 Å². The third kappa shape index (κ3) is 14.1. The zero-order chi connectivity index (χ0) is 42.5. The number of ether oxygens (including phenoxy) is 1. The highest BCUT2D eigenvalue weighted by Crippen LogP contribution is 2.27. The van der Waals surface area contributed by atoms with Crippen LogP contribution in [0.5, 0.6) is 0 Å². The second-order valence-corrected chi connectivity index (χ2v) is 24.5. The molecule has 3 N–H and O–H groups in total. The smallest absolute Gasteiger partial charge is 0.215 e. The molecule has 16 nitrogen and oxygen atoms in total. The Kier molecular flexibility index (Phi) is 16.5. The van der Waals surface area contributed by atoms with Crippen molar-refractivity contribution in [2.45, 2.75) is 25.7 Å². The van der Waals surface area contributed by atoms with Gasteiger partial charge in [0.1, 0.15) is 40.1 Å². The molecule has 0 saturated heterocycles. The van der Waals surface area contributed by atoms with E-state index >= 15 is 0 Å². The number of fused-ring (bicyclic) bond motifs is 3. The van der Waals surface area contributed by atoms with E-state index in [1.54, 1.807) is 41.2 Å². The number of aromatic nitrogens is 12. The quantitative estimate of drug-likeness (QED) is 0.0597. The summed E-state index contributed by atoms with van der Waals surface area (Å²) >= 11 is 20.1. The lowest BCUT2D eigenvalue weighted by Crippen LogP contribution is -2.26. The number of halogens is 4. The van der Waals surface area contributed by atoms with Crippen LogP contribution in [0.3, 0.4) is 0 Å². The first-order valence-electron chi connectivity index (χ1n) is 17.5. The zero-order valence-corrected chi connectivity index (χ0v) is 40.8. The molecule has 60 heavy (non-hydrogen) atoms. The number of hydrogen-bond acceptors (Lipinski definition) is 19. The highest BCUT2D eigenvalue weighted by atomic mass is 79.9. The van der Waals surface area contributed by atoms with Crippen molar-refractivity contribution >= 4 is 162 Å². The first-order valence-corrected chi connectivity index (χ1v) is 26.6. The highest BCUT2D eigenvalue weighted by molar-refractivity contribution is 9.11. The fourth-order valence-electron chi connectivity index (χ4n) is 4.69. The van der Waals surface area contributed by atoms with E-state index < -0.39 is 8.07 Å². The van der Waals surface area contributed by atoms with Crippen LogP contribution in [0.2, 0.25) is 30.8 Å². The number of nitrogen functional groups attached to an aromatic ring is 1. The number of hydrogen-bond donors (Lipinski definition) is 2. The largest absolute Gasteiger partial charge is 0.374 e. The van der Waals surface area contributed by atoms with Gasteiger partial charge in [0.15, 0.2) is 0 Å². The summed E-state index contributed by atoms with van der Waals surface area (Å²) in [6, 6.07) is 18.1. The van der Waals surface area contributed by atoms with Crippen molar-refractivity contribution in [3.05, 3.63) is 108 Å². The number of pyridine rings is 6. The molecule has 0 amide bonds. The number of nitrogens with zero attached hydrogens (tertiary/aromatic N) is 13. The van der Waals surface area contributed by atoms with Crippen LogP contribution in [-0.4, -0.2) is 81.9 Å². The van der Waals surface area contributed by atoms with E-state index in [1.165, 1.54) is 34.0 Å². The minimum atomic E-state index is -1.12. The van der Waals surface area contributed by atoms with Crippen molar-refractivity contribution in [2.24, 2.45) is 0 Å². The zero-order valence-electron chi connectivity index (χ0n) is 31.8. The van der Waals surface area contributed by atoms with Crippen molar-refractivity contribution in [2.75, 3.05) is 29.3 Å². The summed E-state index contributed by atoms with van der Waals surface area (Å²) in [5, 5.41) is 28.3. The third-order valence-corrected chi connectivity index (χ3v) is 12.6. The average Bonchev–Trinajstić information content (AvgIpc) is 4.04. The molecule has 9 heterocycles. The van der Waals surface area contributed by atoms with Crippen molar-refractivity contribution in [3.8, 4) is 0 Å². The van der Waals surface area contributed by atoms with Gasteiger partial charge in [-0.3, -0.25) is 19.9 Å². The van der Waals surface area contributed by atoms with E-state index in [9.17, 15) is 0 Å². The minimum absolute atomic E-state index is 0.402. The fraction of sp³-hybridized carbons (Fsp3) is 0.167. The summed E-state index contributed by atoms with van der Waals surface area (Å²) in [6.45, 7) is 8.17. The van der Waals surface area contributed by atoms with E-state index in [0.717, 1.165) is 81.1 Å². The minimum Gasteiger partial charge on any atom is -0.374 e. The lowest BCUT2D eigenvalue weighted by Gasteiger charge is -2.22. The van der Waals surface area contributed by atoms with Gasteiger partial charge in [-0.1, -0.05) is 65.3 Å². The normalized spacial score (nSPS) is 10.9. The lowest BCUT2D eigenvalue weighted by molar-refractivity contribution is 0.153. The van der Waals surface area contributed by atoms with E-state index in [1.807, 2.05) is 53.4 Å². The lowest BCUT2D eigenvalue weighted by atomic mass is 10.3.